The van der Waals surface area contributed by atoms with Gasteiger partial charge in [0.2, 0.25) is 0 Å². The second-order valence-electron chi connectivity index (χ2n) is 5.78. The fraction of sp³-hybridized carbons (Fsp3) is 0.600. The molecule has 1 N–H and O–H groups in total. The standard InChI is InChI=1S/C15H20N2O4/c1-10(18)11-5-6-12(14(9-11)17(19)20)16-7-8-21-15-4-2-3-13(15)16/h5-6,9-10,13,15,18H,2-4,7-8H2,1H3. The number of rotatable bonds is 3. The van der Waals surface area contributed by atoms with Crippen molar-refractivity contribution >= 4 is 11.4 Å². The quantitative estimate of drug-likeness (QED) is 0.684. The van der Waals surface area contributed by atoms with Crippen LogP contribution in [-0.4, -0.2) is 35.3 Å². The van der Waals surface area contributed by atoms with Crippen molar-refractivity contribution in [2.75, 3.05) is 18.1 Å². The van der Waals surface area contributed by atoms with E-state index in [1.807, 2.05) is 0 Å². The predicted molar refractivity (Wildman–Crippen MR) is 78.5 cm³/mol. The zero-order valence-corrected chi connectivity index (χ0v) is 12.1. The van der Waals surface area contributed by atoms with Crippen LogP contribution in [0.25, 0.3) is 0 Å². The van der Waals surface area contributed by atoms with E-state index in [9.17, 15) is 15.2 Å². The van der Waals surface area contributed by atoms with E-state index in [1.165, 1.54) is 6.07 Å². The third-order valence-corrected chi connectivity index (χ3v) is 4.47. The molecule has 0 aromatic heterocycles. The summed E-state index contributed by atoms with van der Waals surface area (Å²) >= 11 is 0. The lowest BCUT2D eigenvalue weighted by Gasteiger charge is -2.39. The first-order chi connectivity index (χ1) is 10.1. The molecular formula is C15H20N2O4. The highest BCUT2D eigenvalue weighted by Gasteiger charge is 2.38. The van der Waals surface area contributed by atoms with Crippen LogP contribution in [0, 0.1) is 10.1 Å². The van der Waals surface area contributed by atoms with Gasteiger partial charge < -0.3 is 14.7 Å². The first-order valence-electron chi connectivity index (χ1n) is 7.42. The molecule has 2 fully saturated rings. The maximum Gasteiger partial charge on any atom is 0.292 e. The van der Waals surface area contributed by atoms with E-state index >= 15 is 0 Å². The van der Waals surface area contributed by atoms with Crippen LogP contribution >= 0.6 is 0 Å². The topological polar surface area (TPSA) is 75.8 Å². The summed E-state index contributed by atoms with van der Waals surface area (Å²) in [6.07, 6.45) is 2.63. The lowest BCUT2D eigenvalue weighted by Crippen LogP contribution is -2.48. The fourth-order valence-electron chi connectivity index (χ4n) is 3.41. The highest BCUT2D eigenvalue weighted by molar-refractivity contribution is 5.65. The molecule has 3 rings (SSSR count). The molecule has 1 aromatic rings. The molecule has 1 aliphatic heterocycles. The van der Waals surface area contributed by atoms with Crippen molar-refractivity contribution in [3.63, 3.8) is 0 Å². The summed E-state index contributed by atoms with van der Waals surface area (Å²) in [5.74, 6) is 0. The zero-order chi connectivity index (χ0) is 15.0. The summed E-state index contributed by atoms with van der Waals surface area (Å²) < 4.78 is 5.76. The smallest absolute Gasteiger partial charge is 0.292 e. The number of benzene rings is 1. The van der Waals surface area contributed by atoms with Crippen molar-refractivity contribution in [2.45, 2.75) is 44.4 Å². The second-order valence-corrected chi connectivity index (χ2v) is 5.78. The van der Waals surface area contributed by atoms with E-state index in [2.05, 4.69) is 4.90 Å². The second kappa shape index (κ2) is 5.61. The van der Waals surface area contributed by atoms with Crippen molar-refractivity contribution < 1.29 is 14.8 Å². The van der Waals surface area contributed by atoms with Crippen molar-refractivity contribution in [2.24, 2.45) is 0 Å². The lowest BCUT2D eigenvalue weighted by molar-refractivity contribution is -0.384. The molecule has 1 aromatic carbocycles. The molecule has 0 spiro atoms. The van der Waals surface area contributed by atoms with Crippen molar-refractivity contribution in [3.05, 3.63) is 33.9 Å². The number of ether oxygens (including phenoxy) is 1. The van der Waals surface area contributed by atoms with Crippen LogP contribution in [-0.2, 0) is 4.74 Å². The minimum absolute atomic E-state index is 0.0703. The third kappa shape index (κ3) is 2.61. The summed E-state index contributed by atoms with van der Waals surface area (Å²) in [5.41, 5.74) is 1.28. The molecule has 1 saturated carbocycles. The Morgan fingerprint density at radius 2 is 2.29 bits per heavy atom. The molecule has 3 atom stereocenters. The van der Waals surface area contributed by atoms with Crippen LogP contribution < -0.4 is 4.90 Å². The Kier molecular flexibility index (Phi) is 3.82. The number of aliphatic hydroxyl groups excluding tert-OH is 1. The van der Waals surface area contributed by atoms with Crippen molar-refractivity contribution in [1.82, 2.24) is 0 Å². The molecule has 2 aliphatic rings. The monoisotopic (exact) mass is 292 g/mol. The molecule has 3 unspecified atom stereocenters. The maximum atomic E-state index is 11.4. The highest BCUT2D eigenvalue weighted by Crippen LogP contribution is 2.38. The number of hydrogen-bond donors (Lipinski definition) is 1. The van der Waals surface area contributed by atoms with Crippen LogP contribution in [0.1, 0.15) is 37.9 Å². The Morgan fingerprint density at radius 1 is 1.48 bits per heavy atom. The molecule has 6 nitrogen and oxygen atoms in total. The van der Waals surface area contributed by atoms with Gasteiger partial charge in [-0.3, -0.25) is 10.1 Å². The molecule has 0 bridgehead atoms. The number of morpholine rings is 1. The summed E-state index contributed by atoms with van der Waals surface area (Å²) in [7, 11) is 0. The first-order valence-corrected chi connectivity index (χ1v) is 7.42. The minimum atomic E-state index is -0.707. The van der Waals surface area contributed by atoms with E-state index in [0.29, 0.717) is 24.4 Å². The SMILES string of the molecule is CC(O)c1ccc(N2CCOC3CCCC32)c([N+](=O)[O-])c1. The molecule has 0 amide bonds. The highest BCUT2D eigenvalue weighted by atomic mass is 16.6. The van der Waals surface area contributed by atoms with Gasteiger partial charge in [-0.05, 0) is 37.8 Å². The van der Waals surface area contributed by atoms with Crippen LogP contribution in [0.3, 0.4) is 0 Å². The van der Waals surface area contributed by atoms with E-state index in [-0.39, 0.29) is 22.8 Å². The third-order valence-electron chi connectivity index (χ3n) is 4.47. The fourth-order valence-corrected chi connectivity index (χ4v) is 3.41. The maximum absolute atomic E-state index is 11.4. The van der Waals surface area contributed by atoms with Gasteiger partial charge in [-0.25, -0.2) is 0 Å². The molecule has 0 radical (unpaired) electrons. The summed E-state index contributed by atoms with van der Waals surface area (Å²) in [4.78, 5) is 13.2. The number of fused-ring (bicyclic) bond motifs is 1. The van der Waals surface area contributed by atoms with Gasteiger partial charge >= 0.3 is 0 Å². The number of nitro groups is 1. The molecule has 1 heterocycles. The number of anilines is 1. The largest absolute Gasteiger partial charge is 0.389 e. The van der Waals surface area contributed by atoms with E-state index in [4.69, 9.17) is 4.74 Å². The summed E-state index contributed by atoms with van der Waals surface area (Å²) in [5, 5.41) is 21.0. The first kappa shape index (κ1) is 14.3. The van der Waals surface area contributed by atoms with Gasteiger partial charge in [0.15, 0.2) is 0 Å². The van der Waals surface area contributed by atoms with Crippen molar-refractivity contribution in [3.8, 4) is 0 Å². The average molecular weight is 292 g/mol. The van der Waals surface area contributed by atoms with Gasteiger partial charge in [0.1, 0.15) is 5.69 Å². The van der Waals surface area contributed by atoms with E-state index in [0.717, 1.165) is 19.3 Å². The molecule has 1 aliphatic carbocycles. The number of nitrogens with zero attached hydrogens (tertiary/aromatic N) is 2. The Labute approximate surface area is 123 Å². The van der Waals surface area contributed by atoms with Crippen LogP contribution in [0.5, 0.6) is 0 Å². The minimum Gasteiger partial charge on any atom is -0.389 e. The van der Waals surface area contributed by atoms with E-state index in [1.54, 1.807) is 19.1 Å². The van der Waals surface area contributed by atoms with Gasteiger partial charge in [-0.2, -0.15) is 0 Å². The van der Waals surface area contributed by atoms with Gasteiger partial charge in [0, 0.05) is 12.6 Å². The van der Waals surface area contributed by atoms with Gasteiger partial charge in [0.05, 0.1) is 29.8 Å². The molecule has 114 valence electrons. The average Bonchev–Trinajstić information content (AvgIpc) is 2.94. The summed E-state index contributed by atoms with van der Waals surface area (Å²) in [6.45, 7) is 2.90. The summed E-state index contributed by atoms with van der Waals surface area (Å²) in [6, 6.07) is 5.25. The number of nitro benzene ring substituents is 1. The van der Waals surface area contributed by atoms with Crippen LogP contribution in [0.15, 0.2) is 18.2 Å². The molecule has 1 saturated heterocycles. The zero-order valence-electron chi connectivity index (χ0n) is 12.1. The number of hydrogen-bond acceptors (Lipinski definition) is 5. The Morgan fingerprint density at radius 3 is 3.00 bits per heavy atom. The Hall–Kier alpha value is -1.66. The van der Waals surface area contributed by atoms with Gasteiger partial charge in [0.25, 0.3) is 5.69 Å². The Bertz CT molecular complexity index is 546. The number of aliphatic hydroxyl groups is 1. The molecular weight excluding hydrogens is 272 g/mol. The van der Waals surface area contributed by atoms with Crippen LogP contribution in [0.2, 0.25) is 0 Å². The molecule has 6 heteroatoms. The predicted octanol–water partition coefficient (Wildman–Crippen LogP) is 2.41. The normalized spacial score (nSPS) is 26.5. The van der Waals surface area contributed by atoms with Gasteiger partial charge in [-0.15, -0.1) is 0 Å². The van der Waals surface area contributed by atoms with E-state index < -0.39 is 6.10 Å². The van der Waals surface area contributed by atoms with Gasteiger partial charge in [-0.1, -0.05) is 6.07 Å². The lowest BCUT2D eigenvalue weighted by atomic mass is 10.1. The molecule has 21 heavy (non-hydrogen) atoms. The van der Waals surface area contributed by atoms with Crippen molar-refractivity contribution in [1.29, 1.82) is 0 Å². The van der Waals surface area contributed by atoms with Crippen LogP contribution in [0.4, 0.5) is 11.4 Å². The Balaban J connectivity index is 1.98.